The highest BCUT2D eigenvalue weighted by atomic mass is 35.5. The van der Waals surface area contributed by atoms with Crippen LogP contribution >= 0.6 is 23.8 Å². The molecule has 0 aliphatic carbocycles. The van der Waals surface area contributed by atoms with Gasteiger partial charge in [-0.05, 0) is 63.5 Å². The number of thiocarbonyl (C=S) groups is 1. The molecule has 1 aromatic carbocycles. The van der Waals surface area contributed by atoms with Gasteiger partial charge in [0.1, 0.15) is 4.99 Å². The molecular formula is C15H22ClN3S. The molecule has 0 radical (unpaired) electrons. The van der Waals surface area contributed by atoms with E-state index in [4.69, 9.17) is 29.6 Å². The van der Waals surface area contributed by atoms with Gasteiger partial charge in [0.05, 0.1) is 10.7 Å². The summed E-state index contributed by atoms with van der Waals surface area (Å²) in [5, 5.41) is 4.09. The summed E-state index contributed by atoms with van der Waals surface area (Å²) in [5.74, 6) is 0.827. The van der Waals surface area contributed by atoms with Crippen molar-refractivity contribution in [2.24, 2.45) is 11.7 Å². The standard InChI is InChI=1S/C15H22ClN3S/c1-19-8-5-11(6-9-19)4-7-18-14-3-2-12(15(17)20)10-13(14)16/h2-3,10-11,18H,4-9H2,1H3,(H2,17,20). The van der Waals surface area contributed by atoms with Gasteiger partial charge in [-0.1, -0.05) is 23.8 Å². The number of hydrogen-bond acceptors (Lipinski definition) is 3. The third-order valence-electron chi connectivity index (χ3n) is 3.96. The number of piperidine rings is 1. The van der Waals surface area contributed by atoms with Gasteiger partial charge in [-0.15, -0.1) is 0 Å². The van der Waals surface area contributed by atoms with E-state index in [1.165, 1.54) is 32.4 Å². The fourth-order valence-corrected chi connectivity index (χ4v) is 2.95. The van der Waals surface area contributed by atoms with Gasteiger partial charge in [0.25, 0.3) is 0 Å². The Morgan fingerprint density at radius 3 is 2.75 bits per heavy atom. The summed E-state index contributed by atoms with van der Waals surface area (Å²) >= 11 is 11.2. The van der Waals surface area contributed by atoms with Crippen molar-refractivity contribution in [3.8, 4) is 0 Å². The monoisotopic (exact) mass is 311 g/mol. The lowest BCUT2D eigenvalue weighted by atomic mass is 9.94. The fraction of sp³-hybridized carbons (Fsp3) is 0.533. The van der Waals surface area contributed by atoms with Crippen LogP contribution in [0, 0.1) is 5.92 Å². The third-order valence-corrected chi connectivity index (χ3v) is 4.51. The summed E-state index contributed by atoms with van der Waals surface area (Å²) in [6, 6.07) is 5.68. The molecule has 1 fully saturated rings. The van der Waals surface area contributed by atoms with E-state index >= 15 is 0 Å². The van der Waals surface area contributed by atoms with Gasteiger partial charge in [-0.2, -0.15) is 0 Å². The zero-order valence-corrected chi connectivity index (χ0v) is 13.4. The summed E-state index contributed by atoms with van der Waals surface area (Å²) in [6.45, 7) is 3.39. The average molecular weight is 312 g/mol. The Kier molecular flexibility index (Phi) is 5.64. The van der Waals surface area contributed by atoms with Gasteiger partial charge in [0.15, 0.2) is 0 Å². The second-order valence-corrected chi connectivity index (χ2v) is 6.37. The molecule has 1 aromatic rings. The third kappa shape index (κ3) is 4.33. The van der Waals surface area contributed by atoms with Gasteiger partial charge >= 0.3 is 0 Å². The Labute approximate surface area is 131 Å². The molecule has 3 N–H and O–H groups in total. The average Bonchev–Trinajstić information content (AvgIpc) is 2.42. The number of anilines is 1. The van der Waals surface area contributed by atoms with Crippen molar-refractivity contribution in [3.05, 3.63) is 28.8 Å². The van der Waals surface area contributed by atoms with Gasteiger partial charge in [0, 0.05) is 12.1 Å². The molecule has 0 bridgehead atoms. The first-order valence-electron chi connectivity index (χ1n) is 7.08. The van der Waals surface area contributed by atoms with Gasteiger partial charge in [-0.3, -0.25) is 0 Å². The van der Waals surface area contributed by atoms with E-state index in [0.717, 1.165) is 23.7 Å². The van der Waals surface area contributed by atoms with Crippen molar-refractivity contribution in [2.75, 3.05) is 32.0 Å². The number of halogens is 1. The van der Waals surface area contributed by atoms with Gasteiger partial charge in [-0.25, -0.2) is 0 Å². The van der Waals surface area contributed by atoms with Crippen molar-refractivity contribution < 1.29 is 0 Å². The minimum Gasteiger partial charge on any atom is -0.389 e. The predicted molar refractivity (Wildman–Crippen MR) is 90.7 cm³/mol. The fourth-order valence-electron chi connectivity index (χ4n) is 2.57. The van der Waals surface area contributed by atoms with E-state index in [0.29, 0.717) is 10.0 Å². The SMILES string of the molecule is CN1CCC(CCNc2ccc(C(N)=S)cc2Cl)CC1. The minimum atomic E-state index is 0.379. The lowest BCUT2D eigenvalue weighted by Gasteiger charge is -2.29. The van der Waals surface area contributed by atoms with Crippen LogP contribution in [-0.4, -0.2) is 36.6 Å². The summed E-state index contributed by atoms with van der Waals surface area (Å²) in [4.78, 5) is 2.78. The van der Waals surface area contributed by atoms with E-state index in [2.05, 4.69) is 17.3 Å². The van der Waals surface area contributed by atoms with Crippen molar-refractivity contribution in [2.45, 2.75) is 19.3 Å². The molecule has 1 aliphatic heterocycles. The van der Waals surface area contributed by atoms with E-state index in [9.17, 15) is 0 Å². The number of hydrogen-bond donors (Lipinski definition) is 2. The molecule has 5 heteroatoms. The Morgan fingerprint density at radius 2 is 2.15 bits per heavy atom. The Hall–Kier alpha value is -0.840. The van der Waals surface area contributed by atoms with Crippen LogP contribution in [0.2, 0.25) is 5.02 Å². The second kappa shape index (κ2) is 7.25. The van der Waals surface area contributed by atoms with Gasteiger partial charge < -0.3 is 16.0 Å². The van der Waals surface area contributed by atoms with Crippen molar-refractivity contribution in [3.63, 3.8) is 0 Å². The molecule has 3 nitrogen and oxygen atoms in total. The molecular weight excluding hydrogens is 290 g/mol. The maximum atomic E-state index is 6.23. The van der Waals surface area contributed by atoms with Crippen LogP contribution in [0.4, 0.5) is 5.69 Å². The molecule has 2 rings (SSSR count). The number of nitrogens with one attached hydrogen (secondary N) is 1. The van der Waals surface area contributed by atoms with Crippen LogP contribution in [0.5, 0.6) is 0 Å². The molecule has 0 spiro atoms. The largest absolute Gasteiger partial charge is 0.389 e. The maximum absolute atomic E-state index is 6.23. The lowest BCUT2D eigenvalue weighted by Crippen LogP contribution is -2.30. The Balaban J connectivity index is 1.81. The summed E-state index contributed by atoms with van der Waals surface area (Å²) in [7, 11) is 2.19. The first-order valence-corrected chi connectivity index (χ1v) is 7.86. The smallest absolute Gasteiger partial charge is 0.104 e. The molecule has 0 amide bonds. The van der Waals surface area contributed by atoms with Crippen LogP contribution in [0.3, 0.4) is 0 Å². The van der Waals surface area contributed by atoms with Gasteiger partial charge in [0.2, 0.25) is 0 Å². The first kappa shape index (κ1) is 15.5. The summed E-state index contributed by atoms with van der Waals surface area (Å²) in [5.41, 5.74) is 7.36. The van der Waals surface area contributed by atoms with Crippen LogP contribution in [-0.2, 0) is 0 Å². The van der Waals surface area contributed by atoms with Crippen LogP contribution in [0.15, 0.2) is 18.2 Å². The molecule has 1 saturated heterocycles. The number of benzene rings is 1. The van der Waals surface area contributed by atoms with E-state index < -0.39 is 0 Å². The molecule has 0 aromatic heterocycles. The lowest BCUT2D eigenvalue weighted by molar-refractivity contribution is 0.215. The Morgan fingerprint density at radius 1 is 1.45 bits per heavy atom. The van der Waals surface area contributed by atoms with Crippen LogP contribution in [0.25, 0.3) is 0 Å². The maximum Gasteiger partial charge on any atom is 0.104 e. The highest BCUT2D eigenvalue weighted by Gasteiger charge is 2.16. The second-order valence-electron chi connectivity index (χ2n) is 5.52. The first-order chi connectivity index (χ1) is 9.56. The molecule has 0 atom stereocenters. The normalized spacial score (nSPS) is 17.1. The predicted octanol–water partition coefficient (Wildman–Crippen LogP) is 3.12. The van der Waals surface area contributed by atoms with Crippen molar-refractivity contribution >= 4 is 34.5 Å². The molecule has 1 aliphatic rings. The van der Waals surface area contributed by atoms with E-state index in [-0.39, 0.29) is 0 Å². The van der Waals surface area contributed by atoms with Crippen LogP contribution in [0.1, 0.15) is 24.8 Å². The van der Waals surface area contributed by atoms with Crippen molar-refractivity contribution in [1.82, 2.24) is 4.90 Å². The summed E-state index contributed by atoms with van der Waals surface area (Å²) in [6.07, 6.45) is 3.79. The minimum absolute atomic E-state index is 0.379. The highest BCUT2D eigenvalue weighted by Crippen LogP contribution is 2.24. The topological polar surface area (TPSA) is 41.3 Å². The molecule has 0 unspecified atom stereocenters. The number of nitrogens with zero attached hydrogens (tertiary/aromatic N) is 1. The number of likely N-dealkylation sites (tertiary alicyclic amines) is 1. The van der Waals surface area contributed by atoms with E-state index in [1.807, 2.05) is 18.2 Å². The summed E-state index contributed by atoms with van der Waals surface area (Å²) < 4.78 is 0. The molecule has 20 heavy (non-hydrogen) atoms. The quantitative estimate of drug-likeness (QED) is 0.820. The van der Waals surface area contributed by atoms with Crippen LogP contribution < -0.4 is 11.1 Å². The molecule has 0 saturated carbocycles. The molecule has 1 heterocycles. The Bertz CT molecular complexity index is 470. The highest BCUT2D eigenvalue weighted by molar-refractivity contribution is 7.80. The zero-order valence-electron chi connectivity index (χ0n) is 11.9. The molecule has 110 valence electrons. The van der Waals surface area contributed by atoms with Crippen molar-refractivity contribution in [1.29, 1.82) is 0 Å². The van der Waals surface area contributed by atoms with E-state index in [1.54, 1.807) is 0 Å². The number of rotatable bonds is 5. The number of nitrogens with two attached hydrogens (primary N) is 1. The zero-order chi connectivity index (χ0) is 14.5.